The molecule has 3 rings (SSSR count). The molecule has 0 spiro atoms. The number of esters is 1. The molecule has 0 unspecified atom stereocenters. The normalized spacial score (nSPS) is 20.5. The molecule has 1 saturated heterocycles. The second kappa shape index (κ2) is 8.30. The first kappa shape index (κ1) is 20.3. The van der Waals surface area contributed by atoms with Crippen LogP contribution in [0.25, 0.3) is 0 Å². The molecule has 2 aliphatic heterocycles. The number of amidine groups is 1. The fourth-order valence-corrected chi connectivity index (χ4v) is 4.68. The Hall–Kier alpha value is -2.42. The second-order valence-corrected chi connectivity index (χ2v) is 8.82. The fraction of sp³-hybridized carbons (Fsp3) is 0.526. The van der Waals surface area contributed by atoms with Gasteiger partial charge in [0.05, 0.1) is 18.4 Å². The number of nitrogens with one attached hydrogen (secondary N) is 1. The third kappa shape index (κ3) is 4.52. The maximum atomic E-state index is 12.5. The van der Waals surface area contributed by atoms with Crippen molar-refractivity contribution in [3.05, 3.63) is 29.8 Å². The van der Waals surface area contributed by atoms with Crippen LogP contribution in [0.1, 0.15) is 38.7 Å². The zero-order chi connectivity index (χ0) is 20.3. The second-order valence-electron chi connectivity index (χ2n) is 7.25. The number of fused-ring (bicyclic) bond motifs is 1. The van der Waals surface area contributed by atoms with Crippen LogP contribution in [-0.2, 0) is 24.3 Å². The zero-order valence-electron chi connectivity index (χ0n) is 16.1. The molecule has 8 nitrogen and oxygen atoms in total. The van der Waals surface area contributed by atoms with Gasteiger partial charge < -0.3 is 15.0 Å². The molecule has 1 amide bonds. The molecule has 0 bridgehead atoms. The molecule has 2 heterocycles. The molecule has 1 aromatic carbocycles. The lowest BCUT2D eigenvalue weighted by molar-refractivity contribution is -0.147. The van der Waals surface area contributed by atoms with Crippen LogP contribution in [0.15, 0.2) is 33.6 Å². The van der Waals surface area contributed by atoms with E-state index in [2.05, 4.69) is 9.71 Å². The topological polar surface area (TPSA) is 105 Å². The van der Waals surface area contributed by atoms with Crippen molar-refractivity contribution in [3.63, 3.8) is 0 Å². The predicted octanol–water partition coefficient (Wildman–Crippen LogP) is 1.31. The number of sulfonamides is 1. The van der Waals surface area contributed by atoms with Gasteiger partial charge in [-0.15, -0.1) is 4.40 Å². The summed E-state index contributed by atoms with van der Waals surface area (Å²) in [4.78, 5) is 26.1. The molecule has 1 aromatic rings. The smallest absolute Gasteiger partial charge is 0.307 e. The van der Waals surface area contributed by atoms with Gasteiger partial charge in [-0.25, -0.2) is 0 Å². The van der Waals surface area contributed by atoms with E-state index < -0.39 is 10.0 Å². The molecule has 0 radical (unpaired) electrons. The Bertz CT molecular complexity index is 895. The molecule has 9 heteroatoms. The van der Waals surface area contributed by atoms with Gasteiger partial charge in [0.1, 0.15) is 4.90 Å². The minimum atomic E-state index is -3.68. The first-order valence-corrected chi connectivity index (χ1v) is 10.9. The van der Waals surface area contributed by atoms with E-state index in [0.717, 1.165) is 6.42 Å². The maximum Gasteiger partial charge on any atom is 0.307 e. The van der Waals surface area contributed by atoms with Crippen LogP contribution < -0.4 is 5.32 Å². The van der Waals surface area contributed by atoms with Crippen LogP contribution in [0.4, 0.5) is 0 Å². The average molecular weight is 407 g/mol. The maximum absolute atomic E-state index is 12.5. The number of nitrogens with zero attached hydrogens (tertiary/aromatic N) is 2. The summed E-state index contributed by atoms with van der Waals surface area (Å²) in [5, 5.41) is 2.78. The van der Waals surface area contributed by atoms with Crippen molar-refractivity contribution in [2.45, 2.75) is 44.1 Å². The van der Waals surface area contributed by atoms with Crippen LogP contribution in [0, 0.1) is 5.92 Å². The van der Waals surface area contributed by atoms with E-state index >= 15 is 0 Å². The number of ether oxygens (including phenoxy) is 1. The highest BCUT2D eigenvalue weighted by molar-refractivity contribution is 7.90. The lowest BCUT2D eigenvalue weighted by Gasteiger charge is -2.33. The Balaban J connectivity index is 1.60. The largest absolute Gasteiger partial charge is 0.463 e. The molecule has 0 aliphatic carbocycles. The van der Waals surface area contributed by atoms with E-state index in [4.69, 9.17) is 4.74 Å². The molecule has 152 valence electrons. The van der Waals surface area contributed by atoms with Gasteiger partial charge in [0.15, 0.2) is 5.84 Å². The van der Waals surface area contributed by atoms with Gasteiger partial charge in [-0.3, -0.25) is 9.59 Å². The molecule has 1 N–H and O–H groups in total. The van der Waals surface area contributed by atoms with E-state index in [1.54, 1.807) is 38.1 Å². The first-order chi connectivity index (χ1) is 13.3. The summed E-state index contributed by atoms with van der Waals surface area (Å²) in [6, 6.07) is 6.74. The van der Waals surface area contributed by atoms with Crippen molar-refractivity contribution < 1.29 is 22.7 Å². The monoisotopic (exact) mass is 407 g/mol. The van der Waals surface area contributed by atoms with E-state index in [-0.39, 0.29) is 41.8 Å². The highest BCUT2D eigenvalue weighted by Crippen LogP contribution is 2.29. The number of hydrogen-bond donors (Lipinski definition) is 1. The van der Waals surface area contributed by atoms with Gasteiger partial charge in [-0.2, -0.15) is 8.42 Å². The van der Waals surface area contributed by atoms with Gasteiger partial charge in [0.25, 0.3) is 10.0 Å². The van der Waals surface area contributed by atoms with E-state index in [1.165, 1.54) is 0 Å². The SMILES string of the molecule is CC(C)OC(=O)CCNC(=O)[C@@H]1CCCN(C2=NS(=O)(=O)c3ccccc32)C1. The lowest BCUT2D eigenvalue weighted by Crippen LogP contribution is -2.45. The van der Waals surface area contributed by atoms with Gasteiger partial charge in [0, 0.05) is 25.2 Å². The van der Waals surface area contributed by atoms with E-state index in [0.29, 0.717) is 30.9 Å². The van der Waals surface area contributed by atoms with Crippen molar-refractivity contribution in [2.75, 3.05) is 19.6 Å². The molecule has 2 aliphatic rings. The summed E-state index contributed by atoms with van der Waals surface area (Å²) in [6.07, 6.45) is 1.41. The zero-order valence-corrected chi connectivity index (χ0v) is 16.9. The van der Waals surface area contributed by atoms with Gasteiger partial charge >= 0.3 is 5.97 Å². The number of carbonyl (C=O) groups excluding carboxylic acids is 2. The first-order valence-electron chi connectivity index (χ1n) is 9.44. The van der Waals surface area contributed by atoms with Crippen LogP contribution in [0.3, 0.4) is 0 Å². The Morgan fingerprint density at radius 1 is 1.32 bits per heavy atom. The van der Waals surface area contributed by atoms with Crippen molar-refractivity contribution in [2.24, 2.45) is 10.3 Å². The molecule has 0 saturated carbocycles. The van der Waals surface area contributed by atoms with Crippen molar-refractivity contribution in [3.8, 4) is 0 Å². The highest BCUT2D eigenvalue weighted by atomic mass is 32.2. The highest BCUT2D eigenvalue weighted by Gasteiger charge is 2.35. The van der Waals surface area contributed by atoms with Gasteiger partial charge in [-0.1, -0.05) is 12.1 Å². The quantitative estimate of drug-likeness (QED) is 0.738. The number of benzene rings is 1. The number of hydrogen-bond acceptors (Lipinski definition) is 6. The minimum Gasteiger partial charge on any atom is -0.463 e. The van der Waals surface area contributed by atoms with Crippen molar-refractivity contribution in [1.29, 1.82) is 0 Å². The molecule has 0 aromatic heterocycles. The summed E-state index contributed by atoms with van der Waals surface area (Å²) in [6.45, 7) is 4.81. The standard InChI is InChI=1S/C19H25N3O5S/c1-13(2)27-17(23)9-10-20-19(24)14-6-5-11-22(12-14)18-15-7-3-4-8-16(15)28(25,26)21-18/h3-4,7-8,13-14H,5-6,9-12H2,1-2H3,(H,20,24)/t14-/m1/s1. The fourth-order valence-electron chi connectivity index (χ4n) is 3.45. The molecule has 28 heavy (non-hydrogen) atoms. The van der Waals surface area contributed by atoms with Gasteiger partial charge in [-0.05, 0) is 38.8 Å². The minimum absolute atomic E-state index is 0.124. The summed E-state index contributed by atoms with van der Waals surface area (Å²) in [5.41, 5.74) is 0.583. The Kier molecular flexibility index (Phi) is 6.02. The number of carbonyl (C=O) groups is 2. The molecular formula is C19H25N3O5S. The molecule has 1 fully saturated rings. The Morgan fingerprint density at radius 3 is 2.82 bits per heavy atom. The van der Waals surface area contributed by atoms with E-state index in [9.17, 15) is 18.0 Å². The Morgan fingerprint density at radius 2 is 2.07 bits per heavy atom. The molecule has 1 atom stereocenters. The third-order valence-corrected chi connectivity index (χ3v) is 6.02. The van der Waals surface area contributed by atoms with Crippen LogP contribution in [0.2, 0.25) is 0 Å². The Labute approximate surface area is 165 Å². The average Bonchev–Trinajstić information content (AvgIpc) is 2.93. The third-order valence-electron chi connectivity index (χ3n) is 4.70. The molecular weight excluding hydrogens is 382 g/mol. The number of rotatable bonds is 5. The predicted molar refractivity (Wildman–Crippen MR) is 103 cm³/mol. The van der Waals surface area contributed by atoms with Gasteiger partial charge in [0.2, 0.25) is 5.91 Å². The van der Waals surface area contributed by atoms with Crippen molar-refractivity contribution in [1.82, 2.24) is 10.2 Å². The van der Waals surface area contributed by atoms with Crippen LogP contribution >= 0.6 is 0 Å². The lowest BCUT2D eigenvalue weighted by atomic mass is 9.96. The summed E-state index contributed by atoms with van der Waals surface area (Å²) < 4.78 is 33.5. The summed E-state index contributed by atoms with van der Waals surface area (Å²) in [7, 11) is -3.68. The van der Waals surface area contributed by atoms with Crippen molar-refractivity contribution >= 4 is 27.7 Å². The van der Waals surface area contributed by atoms with E-state index in [1.807, 2.05) is 4.90 Å². The summed E-state index contributed by atoms with van der Waals surface area (Å²) >= 11 is 0. The summed E-state index contributed by atoms with van der Waals surface area (Å²) in [5.74, 6) is -0.360. The van der Waals surface area contributed by atoms with Crippen LogP contribution in [-0.4, -0.2) is 56.8 Å². The number of likely N-dealkylation sites (tertiary alicyclic amines) is 1. The van der Waals surface area contributed by atoms with Crippen LogP contribution in [0.5, 0.6) is 0 Å². The number of amides is 1. The number of piperidine rings is 1.